The van der Waals surface area contributed by atoms with Crippen molar-refractivity contribution in [2.45, 2.75) is 211 Å². The lowest BCUT2D eigenvalue weighted by atomic mass is 9.33. The van der Waals surface area contributed by atoms with Crippen LogP contribution in [0.2, 0.25) is 0 Å². The molecule has 378 valence electrons. The number of rotatable bonds is 9. The highest BCUT2D eigenvalue weighted by Gasteiger charge is 2.70. The first-order chi connectivity index (χ1) is 30.8. The van der Waals surface area contributed by atoms with E-state index < -0.39 is 128 Å². The maximum Gasteiger partial charge on any atom is 0.315 e. The van der Waals surface area contributed by atoms with Gasteiger partial charge in [-0.3, -0.25) is 4.79 Å². The molecule has 7 fully saturated rings. The molecular formula is C48H78O18. The number of carbonyl (C=O) groups excluding carboxylic acids is 1. The molecule has 0 radical (unpaired) electrons. The number of allylic oxidation sites excluding steroid dienone is 2. The first-order valence-corrected chi connectivity index (χ1v) is 24.3. The highest BCUT2D eigenvalue weighted by molar-refractivity contribution is 5.79. The molecule has 0 aromatic heterocycles. The highest BCUT2D eigenvalue weighted by atomic mass is 16.8. The minimum absolute atomic E-state index is 0.0599. The van der Waals surface area contributed by atoms with Gasteiger partial charge in [0, 0.05) is 5.41 Å². The van der Waals surface area contributed by atoms with Crippen LogP contribution in [-0.2, 0) is 33.2 Å². The van der Waals surface area contributed by atoms with Crippen LogP contribution >= 0.6 is 0 Å². The fourth-order valence-electron chi connectivity index (χ4n) is 14.8. The molecule has 0 aromatic carbocycles. The van der Waals surface area contributed by atoms with E-state index in [1.165, 1.54) is 12.5 Å². The molecule has 4 saturated carbocycles. The summed E-state index contributed by atoms with van der Waals surface area (Å²) in [6, 6.07) is 0. The molecule has 3 saturated heterocycles. The van der Waals surface area contributed by atoms with E-state index in [4.69, 9.17) is 28.4 Å². The van der Waals surface area contributed by atoms with Crippen molar-refractivity contribution in [1.29, 1.82) is 0 Å². The quantitative estimate of drug-likeness (QED) is 0.108. The van der Waals surface area contributed by atoms with E-state index in [0.717, 1.165) is 44.9 Å². The molecule has 66 heavy (non-hydrogen) atoms. The number of ether oxygens (including phenoxy) is 6. The Kier molecular flexibility index (Phi) is 13.9. The molecule has 0 amide bonds. The lowest BCUT2D eigenvalue weighted by molar-refractivity contribution is -0.361. The molecule has 0 unspecified atom stereocenters. The van der Waals surface area contributed by atoms with Gasteiger partial charge in [-0.2, -0.15) is 0 Å². The van der Waals surface area contributed by atoms with E-state index >= 15 is 0 Å². The van der Waals surface area contributed by atoms with Gasteiger partial charge in [-0.05, 0) is 111 Å². The minimum atomic E-state index is -1.85. The van der Waals surface area contributed by atoms with Crippen molar-refractivity contribution in [1.82, 2.24) is 0 Å². The van der Waals surface area contributed by atoms with Crippen LogP contribution in [-0.4, -0.2) is 180 Å². The molecule has 24 atom stereocenters. The van der Waals surface area contributed by atoms with E-state index in [2.05, 4.69) is 40.7 Å². The third-order valence-electron chi connectivity index (χ3n) is 19.4. The third kappa shape index (κ3) is 7.87. The Balaban J connectivity index is 0.976. The van der Waals surface area contributed by atoms with Crippen LogP contribution in [0.3, 0.4) is 0 Å². The zero-order chi connectivity index (χ0) is 48.3. The Bertz CT molecular complexity index is 1800. The lowest BCUT2D eigenvalue weighted by Gasteiger charge is -2.71. The Labute approximate surface area is 387 Å². The SMILES string of the molecule is C[C@@H]1O[C@@H](O[C@H]2[C@H](O)[C@@H](O)[C@H](OC[C@H]3O[C@@H](OC(=O)[C@]45CCC(C)(C)C[C@H]4C4=CC[C@@H]6[C@@]7(C)CC[C@H](O)[C@@](C)(CO)[C@@H]7CC[C@@]6(C)[C@@]4(C)CC5)[C@H](O)[C@@H](O)[C@@H]3O)O[C@@H]2CO)[C@H](O)[C@H](O)[C@H]1O. The van der Waals surface area contributed by atoms with Crippen molar-refractivity contribution in [2.24, 2.45) is 50.2 Å². The van der Waals surface area contributed by atoms with Crippen molar-refractivity contribution in [3.8, 4) is 0 Å². The van der Waals surface area contributed by atoms with Crippen molar-refractivity contribution >= 4 is 5.97 Å². The molecule has 3 aliphatic heterocycles. The number of hydrogen-bond donors (Lipinski definition) is 11. The predicted molar refractivity (Wildman–Crippen MR) is 230 cm³/mol. The first kappa shape index (κ1) is 50.9. The maximum absolute atomic E-state index is 15.0. The summed E-state index contributed by atoms with van der Waals surface area (Å²) in [5.41, 5.74) is -0.838. The van der Waals surface area contributed by atoms with E-state index in [9.17, 15) is 61.0 Å². The largest absolute Gasteiger partial charge is 0.432 e. The van der Waals surface area contributed by atoms with Gasteiger partial charge in [-0.15, -0.1) is 0 Å². The fraction of sp³-hybridized carbons (Fsp3) is 0.938. The second-order valence-electron chi connectivity index (χ2n) is 23.3. The van der Waals surface area contributed by atoms with Gasteiger partial charge < -0.3 is 84.6 Å². The van der Waals surface area contributed by atoms with Crippen molar-refractivity contribution in [3.63, 3.8) is 0 Å². The van der Waals surface area contributed by atoms with E-state index in [-0.39, 0.29) is 40.1 Å². The van der Waals surface area contributed by atoms with Crippen LogP contribution in [0.15, 0.2) is 11.6 Å². The maximum atomic E-state index is 15.0. The van der Waals surface area contributed by atoms with Gasteiger partial charge in [0.1, 0.15) is 67.1 Å². The van der Waals surface area contributed by atoms with Crippen molar-refractivity contribution in [3.05, 3.63) is 11.6 Å². The minimum Gasteiger partial charge on any atom is -0.432 e. The second kappa shape index (κ2) is 18.0. The molecule has 0 spiro atoms. The van der Waals surface area contributed by atoms with Gasteiger partial charge in [-0.1, -0.05) is 53.2 Å². The number of aliphatic hydroxyl groups excluding tert-OH is 11. The summed E-state index contributed by atoms with van der Waals surface area (Å²) in [5.74, 6) is -0.273. The number of fused-ring (bicyclic) bond motifs is 7. The van der Waals surface area contributed by atoms with Crippen LogP contribution in [0.25, 0.3) is 0 Å². The van der Waals surface area contributed by atoms with Crippen molar-refractivity contribution < 1.29 is 89.4 Å². The summed E-state index contributed by atoms with van der Waals surface area (Å²) < 4.78 is 34.7. The van der Waals surface area contributed by atoms with Gasteiger partial charge >= 0.3 is 5.97 Å². The van der Waals surface area contributed by atoms with Gasteiger partial charge in [0.05, 0.1) is 37.4 Å². The molecule has 3 heterocycles. The molecule has 18 heteroatoms. The van der Waals surface area contributed by atoms with Crippen LogP contribution in [0.4, 0.5) is 0 Å². The van der Waals surface area contributed by atoms with Gasteiger partial charge in [0.25, 0.3) is 0 Å². The third-order valence-corrected chi connectivity index (χ3v) is 19.4. The molecule has 8 aliphatic rings. The summed E-state index contributed by atoms with van der Waals surface area (Å²) in [7, 11) is 0. The topological polar surface area (TPSA) is 295 Å². The standard InChI is InChI=1S/C48H78O18/c1-22-30(52)32(54)35(57)40(62-22)65-38-25(19-49)63-39(37(59)34(38)56)61-20-26-31(53)33(55)36(58)41(64-26)66-42(60)48-16-14-43(2,3)18-24(48)23-8-9-28-44(4)12-11-29(51)45(5,21-50)27(44)10-13-47(28,7)46(23,6)15-17-48/h8,22,24-41,49-59H,9-21H2,1-7H3/t22-,24-,25+,26+,27+,28+,29-,30-,31+,32+,33-,34+,35+,36+,37+,38+,39+,40-,41-,44-,45-,46-,47+,48-/m0/s1. The summed E-state index contributed by atoms with van der Waals surface area (Å²) in [5, 5.41) is 118. The Morgan fingerprint density at radius 2 is 1.32 bits per heavy atom. The fourth-order valence-corrected chi connectivity index (χ4v) is 14.8. The molecule has 0 bridgehead atoms. The van der Waals surface area contributed by atoms with E-state index in [1.54, 1.807) is 0 Å². The summed E-state index contributed by atoms with van der Waals surface area (Å²) in [6.07, 6.45) is -14.9. The molecular weight excluding hydrogens is 865 g/mol. The van der Waals surface area contributed by atoms with Crippen molar-refractivity contribution in [2.75, 3.05) is 19.8 Å². The van der Waals surface area contributed by atoms with Crippen LogP contribution < -0.4 is 0 Å². The molecule has 0 aromatic rings. The molecule has 11 N–H and O–H groups in total. The number of carbonyl (C=O) groups is 1. The van der Waals surface area contributed by atoms with Crippen LogP contribution in [0.5, 0.6) is 0 Å². The van der Waals surface area contributed by atoms with Crippen LogP contribution in [0, 0.1) is 50.2 Å². The predicted octanol–water partition coefficient (Wildman–Crippen LogP) is 0.141. The molecule has 8 rings (SSSR count). The summed E-state index contributed by atoms with van der Waals surface area (Å²) in [6.45, 7) is 13.7. The average Bonchev–Trinajstić information content (AvgIpc) is 3.27. The lowest BCUT2D eigenvalue weighted by Crippen LogP contribution is -2.66. The number of hydrogen-bond acceptors (Lipinski definition) is 18. The van der Waals surface area contributed by atoms with E-state index in [1.807, 2.05) is 6.92 Å². The Hall–Kier alpha value is -1.43. The molecule has 18 nitrogen and oxygen atoms in total. The first-order valence-electron chi connectivity index (χ1n) is 24.3. The van der Waals surface area contributed by atoms with E-state index in [0.29, 0.717) is 25.2 Å². The van der Waals surface area contributed by atoms with Gasteiger partial charge in [0.15, 0.2) is 12.6 Å². The van der Waals surface area contributed by atoms with Gasteiger partial charge in [0.2, 0.25) is 6.29 Å². The average molecular weight is 943 g/mol. The summed E-state index contributed by atoms with van der Waals surface area (Å²) >= 11 is 0. The second-order valence-corrected chi connectivity index (χ2v) is 23.3. The smallest absolute Gasteiger partial charge is 0.315 e. The monoisotopic (exact) mass is 943 g/mol. The number of aliphatic hydroxyl groups is 11. The number of esters is 1. The zero-order valence-corrected chi connectivity index (χ0v) is 39.5. The zero-order valence-electron chi connectivity index (χ0n) is 39.5. The summed E-state index contributed by atoms with van der Waals surface area (Å²) in [4.78, 5) is 15.0. The Morgan fingerprint density at radius 1 is 0.682 bits per heavy atom. The van der Waals surface area contributed by atoms with Gasteiger partial charge in [-0.25, -0.2) is 0 Å². The Morgan fingerprint density at radius 3 is 2.00 bits per heavy atom. The normalized spacial score (nSPS) is 54.8. The van der Waals surface area contributed by atoms with Crippen LogP contribution in [0.1, 0.15) is 113 Å². The molecule has 5 aliphatic carbocycles. The highest BCUT2D eigenvalue weighted by Crippen LogP contribution is 2.76.